The van der Waals surface area contributed by atoms with E-state index in [1.165, 1.54) is 7.11 Å². The number of alkyl halides is 3. The number of hydrogen-bond acceptors (Lipinski definition) is 3. The van der Waals surface area contributed by atoms with Crippen molar-refractivity contribution >= 4 is 5.78 Å². The Kier molecular flexibility index (Phi) is 3.30. The summed E-state index contributed by atoms with van der Waals surface area (Å²) in [5, 5.41) is 9.29. The number of ether oxygens (including phenoxy) is 1. The number of carbonyl (C=O) groups excluding carboxylic acids is 1. The van der Waals surface area contributed by atoms with E-state index in [9.17, 15) is 23.1 Å². The lowest BCUT2D eigenvalue weighted by Crippen LogP contribution is -2.26. The Balaban J connectivity index is 2.79. The van der Waals surface area contributed by atoms with Gasteiger partial charge in [-0.05, 0) is 12.8 Å². The second-order valence-electron chi connectivity index (χ2n) is 3.55. The van der Waals surface area contributed by atoms with Crippen LogP contribution in [0.25, 0.3) is 0 Å². The minimum Gasteiger partial charge on any atom is -0.511 e. The van der Waals surface area contributed by atoms with Gasteiger partial charge in [-0.25, -0.2) is 0 Å². The van der Waals surface area contributed by atoms with Gasteiger partial charge in [-0.1, -0.05) is 0 Å². The van der Waals surface area contributed by atoms with Crippen molar-refractivity contribution in [3.8, 4) is 0 Å². The maximum absolute atomic E-state index is 12.5. The Morgan fingerprint density at radius 2 is 2.00 bits per heavy atom. The maximum Gasteiger partial charge on any atom is 0.401 e. The standard InChI is InChI=1S/C10H11F3O3/c1-16-5-2-7(14)6-8(15)9(3-4-9)10(11,12)13/h2,5-6,15H,3-4H2,1H3. The highest BCUT2D eigenvalue weighted by Crippen LogP contribution is 2.61. The quantitative estimate of drug-likeness (QED) is 0.602. The number of ketones is 1. The largest absolute Gasteiger partial charge is 0.511 e. The average molecular weight is 236 g/mol. The van der Waals surface area contributed by atoms with Crippen LogP contribution >= 0.6 is 0 Å². The zero-order valence-electron chi connectivity index (χ0n) is 8.54. The fraction of sp³-hybridized carbons (Fsp3) is 0.500. The van der Waals surface area contributed by atoms with E-state index >= 15 is 0 Å². The second-order valence-corrected chi connectivity index (χ2v) is 3.55. The molecule has 1 rings (SSSR count). The van der Waals surface area contributed by atoms with Gasteiger partial charge in [0.05, 0.1) is 13.4 Å². The van der Waals surface area contributed by atoms with Crippen molar-refractivity contribution in [1.29, 1.82) is 0 Å². The highest BCUT2D eigenvalue weighted by molar-refractivity contribution is 5.99. The van der Waals surface area contributed by atoms with Crippen LogP contribution in [0, 0.1) is 5.41 Å². The van der Waals surface area contributed by atoms with Gasteiger partial charge in [0.25, 0.3) is 0 Å². The van der Waals surface area contributed by atoms with Gasteiger partial charge in [-0.15, -0.1) is 0 Å². The van der Waals surface area contributed by atoms with Gasteiger partial charge in [-0.3, -0.25) is 4.79 Å². The summed E-state index contributed by atoms with van der Waals surface area (Å²) >= 11 is 0. The molecule has 1 fully saturated rings. The van der Waals surface area contributed by atoms with E-state index in [0.29, 0.717) is 6.08 Å². The summed E-state index contributed by atoms with van der Waals surface area (Å²) in [5.74, 6) is -1.67. The molecule has 0 heterocycles. The Bertz CT molecular complexity index is 338. The number of methoxy groups -OCH3 is 1. The molecule has 0 bridgehead atoms. The zero-order chi connectivity index (χ0) is 12.4. The molecular formula is C10H11F3O3. The normalized spacial score (nSPS) is 19.9. The second kappa shape index (κ2) is 4.19. The van der Waals surface area contributed by atoms with Gasteiger partial charge >= 0.3 is 6.18 Å². The summed E-state index contributed by atoms with van der Waals surface area (Å²) in [6, 6.07) is 0. The Morgan fingerprint density at radius 1 is 1.44 bits per heavy atom. The predicted molar refractivity (Wildman–Crippen MR) is 49.6 cm³/mol. The molecule has 3 nitrogen and oxygen atoms in total. The molecule has 0 aromatic rings. The third kappa shape index (κ3) is 2.37. The number of aliphatic hydroxyl groups excluding tert-OH is 1. The van der Waals surface area contributed by atoms with E-state index in [1.807, 2.05) is 0 Å². The van der Waals surface area contributed by atoms with Crippen LogP contribution in [0.5, 0.6) is 0 Å². The van der Waals surface area contributed by atoms with Crippen LogP contribution in [0.4, 0.5) is 13.2 Å². The van der Waals surface area contributed by atoms with Crippen molar-refractivity contribution < 1.29 is 27.8 Å². The van der Waals surface area contributed by atoms with Crippen LogP contribution in [-0.2, 0) is 9.53 Å². The SMILES string of the molecule is COC=CC(=O)C=C(O)C1(C(F)(F)F)CC1. The molecular weight excluding hydrogens is 225 g/mol. The van der Waals surface area contributed by atoms with Crippen LogP contribution < -0.4 is 0 Å². The summed E-state index contributed by atoms with van der Waals surface area (Å²) in [6.45, 7) is 0. The fourth-order valence-electron chi connectivity index (χ4n) is 1.27. The van der Waals surface area contributed by atoms with E-state index < -0.39 is 23.1 Å². The molecule has 1 saturated carbocycles. The van der Waals surface area contributed by atoms with Gasteiger partial charge in [0, 0.05) is 12.2 Å². The number of allylic oxidation sites excluding steroid dienone is 3. The molecule has 0 radical (unpaired) electrons. The lowest BCUT2D eigenvalue weighted by atomic mass is 10.0. The number of hydrogen-bond donors (Lipinski definition) is 1. The van der Waals surface area contributed by atoms with Crippen molar-refractivity contribution in [2.75, 3.05) is 7.11 Å². The minimum atomic E-state index is -4.52. The maximum atomic E-state index is 12.5. The molecule has 0 unspecified atom stereocenters. The van der Waals surface area contributed by atoms with E-state index in [-0.39, 0.29) is 12.8 Å². The topological polar surface area (TPSA) is 46.5 Å². The third-order valence-electron chi connectivity index (χ3n) is 2.43. The van der Waals surface area contributed by atoms with Crippen LogP contribution in [0.2, 0.25) is 0 Å². The number of carbonyl (C=O) groups is 1. The van der Waals surface area contributed by atoms with Crippen molar-refractivity contribution in [1.82, 2.24) is 0 Å². The molecule has 0 atom stereocenters. The summed E-state index contributed by atoms with van der Waals surface area (Å²) < 4.78 is 41.9. The molecule has 0 saturated heterocycles. The summed E-state index contributed by atoms with van der Waals surface area (Å²) in [4.78, 5) is 11.0. The first kappa shape index (κ1) is 12.6. The first-order valence-corrected chi connectivity index (χ1v) is 4.55. The van der Waals surface area contributed by atoms with E-state index in [2.05, 4.69) is 4.74 Å². The van der Waals surface area contributed by atoms with Gasteiger partial charge in [-0.2, -0.15) is 13.2 Å². The van der Waals surface area contributed by atoms with Crippen molar-refractivity contribution in [2.45, 2.75) is 19.0 Å². The highest BCUT2D eigenvalue weighted by Gasteiger charge is 2.66. The van der Waals surface area contributed by atoms with Gasteiger partial charge < -0.3 is 9.84 Å². The lowest BCUT2D eigenvalue weighted by Gasteiger charge is -2.17. The number of halogens is 3. The van der Waals surface area contributed by atoms with Gasteiger partial charge in [0.1, 0.15) is 11.2 Å². The molecule has 16 heavy (non-hydrogen) atoms. The number of aliphatic hydroxyl groups is 1. The lowest BCUT2D eigenvalue weighted by molar-refractivity contribution is -0.183. The predicted octanol–water partition coefficient (Wildman–Crippen LogP) is 2.50. The van der Waals surface area contributed by atoms with Crippen LogP contribution in [0.15, 0.2) is 24.2 Å². The molecule has 1 aliphatic rings. The molecule has 0 aromatic heterocycles. The van der Waals surface area contributed by atoms with Crippen LogP contribution in [-0.4, -0.2) is 24.2 Å². The van der Waals surface area contributed by atoms with Crippen molar-refractivity contribution in [2.24, 2.45) is 5.41 Å². The molecule has 1 aliphatic carbocycles. The molecule has 90 valence electrons. The highest BCUT2D eigenvalue weighted by atomic mass is 19.4. The Labute approximate surface area is 90.2 Å². The fourth-order valence-corrected chi connectivity index (χ4v) is 1.27. The summed E-state index contributed by atoms with van der Waals surface area (Å²) in [6.07, 6.45) is -2.34. The van der Waals surface area contributed by atoms with Crippen molar-refractivity contribution in [3.05, 3.63) is 24.2 Å². The monoisotopic (exact) mass is 236 g/mol. The van der Waals surface area contributed by atoms with E-state index in [4.69, 9.17) is 0 Å². The van der Waals surface area contributed by atoms with Crippen molar-refractivity contribution in [3.63, 3.8) is 0 Å². The zero-order valence-corrected chi connectivity index (χ0v) is 8.54. The van der Waals surface area contributed by atoms with Gasteiger partial charge in [0.15, 0.2) is 5.78 Å². The first-order chi connectivity index (χ1) is 7.33. The van der Waals surface area contributed by atoms with Gasteiger partial charge in [0.2, 0.25) is 0 Å². The molecule has 0 amide bonds. The summed E-state index contributed by atoms with van der Waals surface area (Å²) in [5.41, 5.74) is -2.20. The molecule has 0 aromatic carbocycles. The van der Waals surface area contributed by atoms with E-state index in [1.54, 1.807) is 0 Å². The van der Waals surface area contributed by atoms with E-state index in [0.717, 1.165) is 12.3 Å². The Hall–Kier alpha value is -1.46. The number of rotatable bonds is 4. The average Bonchev–Trinajstić information content (AvgIpc) is 2.93. The first-order valence-electron chi connectivity index (χ1n) is 4.55. The van der Waals surface area contributed by atoms with Crippen LogP contribution in [0.1, 0.15) is 12.8 Å². The summed E-state index contributed by atoms with van der Waals surface area (Å²) in [7, 11) is 1.30. The Morgan fingerprint density at radius 3 is 2.38 bits per heavy atom. The minimum absolute atomic E-state index is 0.180. The third-order valence-corrected chi connectivity index (χ3v) is 2.43. The molecule has 6 heteroatoms. The molecule has 0 spiro atoms. The molecule has 0 aliphatic heterocycles. The smallest absolute Gasteiger partial charge is 0.401 e. The molecule has 1 N–H and O–H groups in total. The van der Waals surface area contributed by atoms with Crippen LogP contribution in [0.3, 0.4) is 0 Å².